The van der Waals surface area contributed by atoms with E-state index < -0.39 is 38.2 Å². The number of carboxylic acids is 1. The molecule has 0 saturated heterocycles. The largest absolute Gasteiger partial charge is 0.478 e. The number of rotatable bonds is 4. The molecule has 0 heterocycles. The Balaban J connectivity index is 2.64. The summed E-state index contributed by atoms with van der Waals surface area (Å²) in [6, 6.07) is 4.37. The molecule has 5 nitrogen and oxygen atoms in total. The topological polar surface area (TPSA) is 80.7 Å². The maximum Gasteiger partial charge on any atom is 0.416 e. The first-order valence-corrected chi connectivity index (χ1v) is 9.20. The Morgan fingerprint density at radius 3 is 2.27 bits per heavy atom. The lowest BCUT2D eigenvalue weighted by molar-refractivity contribution is -0.137. The monoisotopic (exact) mass is 408 g/mol. The Bertz CT molecular complexity index is 984. The van der Waals surface area contributed by atoms with Crippen LogP contribution in [-0.2, 0) is 16.0 Å². The average Bonchev–Trinajstić information content (AvgIpc) is 2.46. The molecular weight excluding hydrogens is 397 g/mol. The van der Waals surface area contributed by atoms with Gasteiger partial charge in [-0.2, -0.15) is 13.2 Å². The zero-order valence-electron chi connectivity index (χ0n) is 13.4. The molecule has 26 heavy (non-hydrogen) atoms. The smallest absolute Gasteiger partial charge is 0.416 e. The van der Waals surface area contributed by atoms with E-state index in [0.29, 0.717) is 6.07 Å². The molecule has 0 atom stereocenters. The summed E-state index contributed by atoms with van der Waals surface area (Å²) in [5, 5.41) is 8.96. The van der Waals surface area contributed by atoms with Gasteiger partial charge in [-0.3, -0.25) is 0 Å². The van der Waals surface area contributed by atoms with Gasteiger partial charge in [0.05, 0.1) is 16.1 Å². The number of alkyl halides is 3. The summed E-state index contributed by atoms with van der Waals surface area (Å²) >= 11 is 5.85. The predicted octanol–water partition coefficient (Wildman–Crippen LogP) is 4.56. The third kappa shape index (κ3) is 4.28. The van der Waals surface area contributed by atoms with E-state index >= 15 is 0 Å². The molecule has 0 aromatic heterocycles. The van der Waals surface area contributed by atoms with E-state index in [1.165, 1.54) is 6.92 Å². The van der Waals surface area contributed by atoms with Gasteiger partial charge in [-0.1, -0.05) is 11.6 Å². The highest BCUT2D eigenvalue weighted by Crippen LogP contribution is 2.39. The zero-order valence-corrected chi connectivity index (χ0v) is 15.0. The first-order valence-electron chi connectivity index (χ1n) is 6.93. The highest BCUT2D eigenvalue weighted by molar-refractivity contribution is 7.90. The van der Waals surface area contributed by atoms with Crippen LogP contribution in [0.4, 0.5) is 13.2 Å². The van der Waals surface area contributed by atoms with Gasteiger partial charge in [-0.15, -0.1) is 0 Å². The maximum absolute atomic E-state index is 12.9. The minimum Gasteiger partial charge on any atom is -0.478 e. The number of ether oxygens (including phenoxy) is 1. The molecule has 10 heteroatoms. The molecule has 2 rings (SSSR count). The summed E-state index contributed by atoms with van der Waals surface area (Å²) < 4.78 is 67.8. The van der Waals surface area contributed by atoms with Crippen molar-refractivity contribution in [1.29, 1.82) is 0 Å². The van der Waals surface area contributed by atoms with Crippen LogP contribution in [0.1, 0.15) is 21.5 Å². The van der Waals surface area contributed by atoms with E-state index in [1.807, 2.05) is 0 Å². The van der Waals surface area contributed by atoms with Crippen molar-refractivity contribution in [2.24, 2.45) is 0 Å². The lowest BCUT2D eigenvalue weighted by Crippen LogP contribution is -2.07. The van der Waals surface area contributed by atoms with Crippen LogP contribution in [0.15, 0.2) is 35.2 Å². The van der Waals surface area contributed by atoms with Gasteiger partial charge in [0.1, 0.15) is 16.4 Å². The fourth-order valence-electron chi connectivity index (χ4n) is 2.14. The lowest BCUT2D eigenvalue weighted by Gasteiger charge is -2.15. The number of benzene rings is 2. The van der Waals surface area contributed by atoms with Gasteiger partial charge in [-0.05, 0) is 42.8 Å². The minimum absolute atomic E-state index is 0.169. The van der Waals surface area contributed by atoms with Crippen LogP contribution < -0.4 is 4.74 Å². The number of hydrogen-bond donors (Lipinski definition) is 1. The Morgan fingerprint density at radius 2 is 1.77 bits per heavy atom. The second-order valence-electron chi connectivity index (χ2n) is 5.44. The fraction of sp³-hybridized carbons (Fsp3) is 0.188. The number of aryl methyl sites for hydroxylation is 1. The summed E-state index contributed by atoms with van der Waals surface area (Å²) in [5.41, 5.74) is -1.13. The lowest BCUT2D eigenvalue weighted by atomic mass is 10.1. The van der Waals surface area contributed by atoms with Gasteiger partial charge in [0.15, 0.2) is 9.84 Å². The molecule has 0 bridgehead atoms. The second-order valence-corrected chi connectivity index (χ2v) is 7.83. The van der Waals surface area contributed by atoms with Crippen LogP contribution in [0, 0.1) is 6.92 Å². The van der Waals surface area contributed by atoms with Gasteiger partial charge in [0.25, 0.3) is 0 Å². The molecule has 0 unspecified atom stereocenters. The molecule has 1 N–H and O–H groups in total. The zero-order chi connectivity index (χ0) is 19.9. The average molecular weight is 409 g/mol. The van der Waals surface area contributed by atoms with E-state index in [1.54, 1.807) is 0 Å². The third-order valence-electron chi connectivity index (χ3n) is 3.40. The summed E-state index contributed by atoms with van der Waals surface area (Å²) in [4.78, 5) is 10.7. The van der Waals surface area contributed by atoms with Gasteiger partial charge in [0, 0.05) is 6.26 Å². The van der Waals surface area contributed by atoms with E-state index in [0.717, 1.165) is 30.5 Å². The van der Waals surface area contributed by atoms with Crippen LogP contribution in [-0.4, -0.2) is 25.7 Å². The maximum atomic E-state index is 12.9. The molecule has 0 amide bonds. The van der Waals surface area contributed by atoms with Gasteiger partial charge < -0.3 is 9.84 Å². The van der Waals surface area contributed by atoms with Crippen molar-refractivity contribution in [2.75, 3.05) is 6.26 Å². The van der Waals surface area contributed by atoms with Crippen molar-refractivity contribution in [3.8, 4) is 11.5 Å². The van der Waals surface area contributed by atoms with Crippen LogP contribution in [0.2, 0.25) is 5.02 Å². The molecular formula is C16H12ClF3O5S. The molecule has 0 fully saturated rings. The molecule has 140 valence electrons. The fourth-order valence-corrected chi connectivity index (χ4v) is 3.09. The van der Waals surface area contributed by atoms with Crippen molar-refractivity contribution in [3.63, 3.8) is 0 Å². The Labute approximate surface area is 151 Å². The van der Waals surface area contributed by atoms with Crippen molar-refractivity contribution < 1.29 is 36.2 Å². The molecule has 0 aliphatic carbocycles. The Morgan fingerprint density at radius 1 is 1.15 bits per heavy atom. The summed E-state index contributed by atoms with van der Waals surface area (Å²) in [5.74, 6) is -2.08. The molecule has 0 saturated carbocycles. The van der Waals surface area contributed by atoms with Crippen LogP contribution in [0.3, 0.4) is 0 Å². The van der Waals surface area contributed by atoms with Crippen molar-refractivity contribution in [2.45, 2.75) is 18.0 Å². The van der Waals surface area contributed by atoms with Crippen LogP contribution in [0.25, 0.3) is 0 Å². The molecule has 0 aliphatic heterocycles. The van der Waals surface area contributed by atoms with E-state index in [-0.39, 0.29) is 21.9 Å². The number of aromatic carboxylic acids is 1. The van der Waals surface area contributed by atoms with Crippen molar-refractivity contribution >= 4 is 27.4 Å². The molecule has 0 spiro atoms. The van der Waals surface area contributed by atoms with Gasteiger partial charge in [-0.25, -0.2) is 13.2 Å². The number of hydrogen-bond acceptors (Lipinski definition) is 4. The summed E-state index contributed by atoms with van der Waals surface area (Å²) in [6.45, 7) is 1.40. The van der Waals surface area contributed by atoms with Gasteiger partial charge in [0.2, 0.25) is 0 Å². The number of carbonyl (C=O) groups is 1. The highest BCUT2D eigenvalue weighted by Gasteiger charge is 2.31. The van der Waals surface area contributed by atoms with Crippen molar-refractivity contribution in [1.82, 2.24) is 0 Å². The molecule has 0 aliphatic rings. The Hall–Kier alpha value is -2.26. The minimum atomic E-state index is -4.65. The standard InChI is InChI=1S/C16H12ClF3O5S/c1-8-5-13(14(26(2,23)24)7-10(8)15(21)22)25-12-6-9(16(18,19)20)3-4-11(12)17/h3-7H,1-2H3,(H,21,22). The number of sulfone groups is 1. The van der Waals surface area contributed by atoms with Gasteiger partial charge >= 0.3 is 12.1 Å². The second kappa shape index (κ2) is 6.81. The van der Waals surface area contributed by atoms with Crippen LogP contribution >= 0.6 is 11.6 Å². The van der Waals surface area contributed by atoms with E-state index in [2.05, 4.69) is 0 Å². The summed E-state index contributed by atoms with van der Waals surface area (Å²) in [6.07, 6.45) is -3.82. The van der Waals surface area contributed by atoms with E-state index in [9.17, 15) is 26.4 Å². The number of halogens is 4. The summed E-state index contributed by atoms with van der Waals surface area (Å²) in [7, 11) is -3.93. The molecule has 0 radical (unpaired) electrons. The normalized spacial score (nSPS) is 12.1. The first-order chi connectivity index (χ1) is 11.8. The van der Waals surface area contributed by atoms with E-state index in [4.69, 9.17) is 21.4 Å². The van der Waals surface area contributed by atoms with Crippen LogP contribution in [0.5, 0.6) is 11.5 Å². The highest BCUT2D eigenvalue weighted by atomic mass is 35.5. The SMILES string of the molecule is Cc1cc(Oc2cc(C(F)(F)F)ccc2Cl)c(S(C)(=O)=O)cc1C(=O)O. The third-order valence-corrected chi connectivity index (χ3v) is 4.83. The van der Waals surface area contributed by atoms with Crippen molar-refractivity contribution in [3.05, 3.63) is 52.0 Å². The quantitative estimate of drug-likeness (QED) is 0.802. The Kier molecular flexibility index (Phi) is 5.25. The first kappa shape index (κ1) is 20.1. The molecule has 2 aromatic carbocycles. The molecule has 2 aromatic rings. The predicted molar refractivity (Wildman–Crippen MR) is 87.8 cm³/mol. The number of carboxylic acid groups (broad SMARTS) is 1.